The van der Waals surface area contributed by atoms with Crippen LogP contribution in [0.4, 0.5) is 5.69 Å². The predicted octanol–water partition coefficient (Wildman–Crippen LogP) is 1.29. The Bertz CT molecular complexity index is 449. The van der Waals surface area contributed by atoms with Crippen molar-refractivity contribution in [1.29, 1.82) is 0 Å². The van der Waals surface area contributed by atoms with E-state index in [9.17, 15) is 4.79 Å². The van der Waals surface area contributed by atoms with E-state index in [1.165, 1.54) is 0 Å². The highest BCUT2D eigenvalue weighted by atomic mass is 16.5. The molecule has 1 amide bonds. The summed E-state index contributed by atoms with van der Waals surface area (Å²) in [7, 11) is 1.54. The minimum absolute atomic E-state index is 0.208. The van der Waals surface area contributed by atoms with Crippen molar-refractivity contribution in [2.45, 2.75) is 19.4 Å². The van der Waals surface area contributed by atoms with Crippen LogP contribution in [0.5, 0.6) is 5.75 Å². The zero-order valence-electron chi connectivity index (χ0n) is 9.99. The molecule has 0 heterocycles. The van der Waals surface area contributed by atoms with Crippen molar-refractivity contribution in [3.63, 3.8) is 0 Å². The maximum atomic E-state index is 11.7. The Morgan fingerprint density at radius 1 is 1.65 bits per heavy atom. The summed E-state index contributed by atoms with van der Waals surface area (Å²) in [6, 6.07) is 4.80. The molecule has 0 aromatic heterocycles. The number of methoxy groups -OCH3 is 1. The fraction of sp³-hybridized carbons (Fsp3) is 0.308. The number of anilines is 1. The molecule has 1 atom stereocenters. The van der Waals surface area contributed by atoms with Gasteiger partial charge in [0, 0.05) is 6.42 Å². The number of aryl methyl sites for hydroxylation is 1. The third kappa shape index (κ3) is 3.51. The average molecular weight is 232 g/mol. The van der Waals surface area contributed by atoms with Crippen LogP contribution in [0.2, 0.25) is 0 Å². The van der Waals surface area contributed by atoms with Crippen LogP contribution in [0.25, 0.3) is 0 Å². The summed E-state index contributed by atoms with van der Waals surface area (Å²) >= 11 is 0. The summed E-state index contributed by atoms with van der Waals surface area (Å²) in [4.78, 5) is 11.7. The van der Waals surface area contributed by atoms with Gasteiger partial charge in [0.05, 0.1) is 18.8 Å². The molecule has 0 aliphatic rings. The first-order valence-electron chi connectivity index (χ1n) is 5.23. The van der Waals surface area contributed by atoms with Crippen molar-refractivity contribution >= 4 is 11.6 Å². The summed E-state index contributed by atoms with van der Waals surface area (Å²) in [5, 5.41) is 2.70. The number of nitrogens with two attached hydrogens (primary N) is 1. The van der Waals surface area contributed by atoms with E-state index in [-0.39, 0.29) is 12.3 Å². The lowest BCUT2D eigenvalue weighted by Crippen LogP contribution is -2.35. The number of carbonyl (C=O) groups is 1. The lowest BCUT2D eigenvalue weighted by atomic mass is 10.1. The molecule has 0 fully saturated rings. The molecule has 0 saturated heterocycles. The van der Waals surface area contributed by atoms with Crippen molar-refractivity contribution in [3.8, 4) is 18.1 Å². The van der Waals surface area contributed by atoms with Crippen molar-refractivity contribution < 1.29 is 9.53 Å². The SMILES string of the molecule is C#CCC(N)C(=O)Nc1cc(C)ccc1OC. The third-order valence-corrected chi connectivity index (χ3v) is 2.29. The summed E-state index contributed by atoms with van der Waals surface area (Å²) < 4.78 is 5.15. The maximum Gasteiger partial charge on any atom is 0.242 e. The van der Waals surface area contributed by atoms with Crippen LogP contribution in [0, 0.1) is 19.3 Å². The van der Waals surface area contributed by atoms with Gasteiger partial charge in [0.25, 0.3) is 0 Å². The standard InChI is InChI=1S/C13H16N2O2/c1-4-5-10(14)13(16)15-11-8-9(2)6-7-12(11)17-3/h1,6-8,10H,5,14H2,2-3H3,(H,15,16). The Labute approximate surface area is 101 Å². The van der Waals surface area contributed by atoms with Gasteiger partial charge in [-0.1, -0.05) is 6.07 Å². The Kier molecular flexibility index (Phi) is 4.56. The van der Waals surface area contributed by atoms with Crippen molar-refractivity contribution in [3.05, 3.63) is 23.8 Å². The van der Waals surface area contributed by atoms with E-state index in [0.717, 1.165) is 5.56 Å². The molecule has 0 bridgehead atoms. The van der Waals surface area contributed by atoms with Crippen molar-refractivity contribution in [2.75, 3.05) is 12.4 Å². The largest absolute Gasteiger partial charge is 0.495 e. The van der Waals surface area contributed by atoms with E-state index in [1.807, 2.05) is 19.1 Å². The predicted molar refractivity (Wildman–Crippen MR) is 67.8 cm³/mol. The van der Waals surface area contributed by atoms with Crippen LogP contribution in [-0.2, 0) is 4.79 Å². The first-order chi connectivity index (χ1) is 8.08. The zero-order valence-corrected chi connectivity index (χ0v) is 9.99. The number of nitrogens with one attached hydrogen (secondary N) is 1. The molecular weight excluding hydrogens is 216 g/mol. The second-order valence-corrected chi connectivity index (χ2v) is 3.71. The number of benzene rings is 1. The summed E-state index contributed by atoms with van der Waals surface area (Å²) in [5.41, 5.74) is 7.23. The molecule has 1 aromatic rings. The summed E-state index contributed by atoms with van der Waals surface area (Å²) in [5.74, 6) is 2.64. The van der Waals surface area contributed by atoms with Crippen LogP contribution in [0.1, 0.15) is 12.0 Å². The van der Waals surface area contributed by atoms with Crippen molar-refractivity contribution in [1.82, 2.24) is 0 Å². The van der Waals surface area contributed by atoms with E-state index in [1.54, 1.807) is 13.2 Å². The third-order valence-electron chi connectivity index (χ3n) is 2.29. The molecule has 17 heavy (non-hydrogen) atoms. The van der Waals surface area contributed by atoms with Crippen molar-refractivity contribution in [2.24, 2.45) is 5.73 Å². The smallest absolute Gasteiger partial charge is 0.242 e. The molecular formula is C13H16N2O2. The molecule has 0 saturated carbocycles. The van der Waals surface area contributed by atoms with Gasteiger partial charge in [-0.15, -0.1) is 12.3 Å². The molecule has 1 aromatic carbocycles. The number of hydrogen-bond acceptors (Lipinski definition) is 3. The van der Waals surface area contributed by atoms with Gasteiger partial charge >= 0.3 is 0 Å². The van der Waals surface area contributed by atoms with Crippen LogP contribution >= 0.6 is 0 Å². The topological polar surface area (TPSA) is 64.4 Å². The van der Waals surface area contributed by atoms with Gasteiger partial charge < -0.3 is 15.8 Å². The van der Waals surface area contributed by atoms with Gasteiger partial charge in [-0.3, -0.25) is 4.79 Å². The second-order valence-electron chi connectivity index (χ2n) is 3.71. The Hall–Kier alpha value is -1.99. The van der Waals surface area contributed by atoms with Crippen LogP contribution in [-0.4, -0.2) is 19.1 Å². The van der Waals surface area contributed by atoms with Crippen LogP contribution < -0.4 is 15.8 Å². The lowest BCUT2D eigenvalue weighted by molar-refractivity contribution is -0.117. The average Bonchev–Trinajstić information content (AvgIpc) is 2.29. The first-order valence-corrected chi connectivity index (χ1v) is 5.23. The second kappa shape index (κ2) is 5.92. The van der Waals surface area contributed by atoms with Gasteiger partial charge in [0.2, 0.25) is 5.91 Å². The molecule has 0 spiro atoms. The highest BCUT2D eigenvalue weighted by Crippen LogP contribution is 2.25. The van der Waals surface area contributed by atoms with Gasteiger partial charge in [-0.25, -0.2) is 0 Å². The first kappa shape index (κ1) is 13.1. The zero-order chi connectivity index (χ0) is 12.8. The highest BCUT2D eigenvalue weighted by Gasteiger charge is 2.14. The number of amides is 1. The van der Waals surface area contributed by atoms with Crippen LogP contribution in [0.15, 0.2) is 18.2 Å². The number of hydrogen-bond donors (Lipinski definition) is 2. The Morgan fingerprint density at radius 3 is 2.94 bits per heavy atom. The van der Waals surface area contributed by atoms with Gasteiger partial charge in [-0.2, -0.15) is 0 Å². The van der Waals surface area contributed by atoms with E-state index < -0.39 is 6.04 Å². The van der Waals surface area contributed by atoms with Crippen LogP contribution in [0.3, 0.4) is 0 Å². The molecule has 1 unspecified atom stereocenters. The normalized spacial score (nSPS) is 11.4. The molecule has 3 N–H and O–H groups in total. The van der Waals surface area contributed by atoms with E-state index >= 15 is 0 Å². The highest BCUT2D eigenvalue weighted by molar-refractivity contribution is 5.96. The molecule has 4 nitrogen and oxygen atoms in total. The molecule has 1 rings (SSSR count). The Morgan fingerprint density at radius 2 is 2.35 bits per heavy atom. The minimum Gasteiger partial charge on any atom is -0.495 e. The molecule has 0 aliphatic carbocycles. The van der Waals surface area contributed by atoms with Gasteiger partial charge in [0.1, 0.15) is 5.75 Å². The van der Waals surface area contributed by atoms with Gasteiger partial charge in [0.15, 0.2) is 0 Å². The summed E-state index contributed by atoms with van der Waals surface area (Å²) in [6.07, 6.45) is 5.31. The molecule has 0 radical (unpaired) electrons. The monoisotopic (exact) mass is 232 g/mol. The van der Waals surface area contributed by atoms with E-state index in [4.69, 9.17) is 16.9 Å². The Balaban J connectivity index is 2.84. The molecule has 90 valence electrons. The number of terminal acetylenes is 1. The number of ether oxygens (including phenoxy) is 1. The van der Waals surface area contributed by atoms with E-state index in [0.29, 0.717) is 11.4 Å². The fourth-order valence-electron chi connectivity index (χ4n) is 1.36. The lowest BCUT2D eigenvalue weighted by Gasteiger charge is -2.13. The molecule has 0 aliphatic heterocycles. The van der Waals surface area contributed by atoms with Gasteiger partial charge in [-0.05, 0) is 24.6 Å². The quantitative estimate of drug-likeness (QED) is 0.769. The minimum atomic E-state index is -0.704. The van der Waals surface area contributed by atoms with E-state index in [2.05, 4.69) is 11.2 Å². The number of rotatable bonds is 4. The fourth-order valence-corrected chi connectivity index (χ4v) is 1.36. The maximum absolute atomic E-state index is 11.7. The molecule has 4 heteroatoms. The number of carbonyl (C=O) groups excluding carboxylic acids is 1. The summed E-state index contributed by atoms with van der Waals surface area (Å²) in [6.45, 7) is 1.93.